The molecule has 0 aliphatic carbocycles. The van der Waals surface area contributed by atoms with Crippen LogP contribution < -0.4 is 5.49 Å². The van der Waals surface area contributed by atoms with E-state index in [-0.39, 0.29) is 17.7 Å². The van der Waals surface area contributed by atoms with Crippen LogP contribution in [0.25, 0.3) is 22.2 Å². The molecule has 6 nitrogen and oxygen atoms in total. The van der Waals surface area contributed by atoms with E-state index < -0.39 is 5.82 Å². The van der Waals surface area contributed by atoms with Crippen molar-refractivity contribution in [2.24, 2.45) is 0 Å². The van der Waals surface area contributed by atoms with Gasteiger partial charge in [0, 0.05) is 35.8 Å². The van der Waals surface area contributed by atoms with Crippen LogP contribution >= 0.6 is 0 Å². The first-order chi connectivity index (χ1) is 13.0. The maximum atomic E-state index is 14.3. The quantitative estimate of drug-likeness (QED) is 0.431. The Bertz CT molecular complexity index is 1220. The van der Waals surface area contributed by atoms with Crippen LogP contribution in [0.3, 0.4) is 0 Å². The Morgan fingerprint density at radius 2 is 2.07 bits per heavy atom. The number of benzene rings is 1. The Labute approximate surface area is 153 Å². The summed E-state index contributed by atoms with van der Waals surface area (Å²) in [6.45, 7) is 1.77. The van der Waals surface area contributed by atoms with Crippen molar-refractivity contribution in [3.05, 3.63) is 77.4 Å². The van der Waals surface area contributed by atoms with Crippen LogP contribution in [-0.4, -0.2) is 20.5 Å². The molecule has 0 saturated heterocycles. The zero-order valence-corrected chi connectivity index (χ0v) is 14.5. The normalized spacial score (nSPS) is 11.0. The van der Waals surface area contributed by atoms with Gasteiger partial charge in [-0.1, -0.05) is 17.3 Å². The van der Waals surface area contributed by atoms with E-state index in [1.165, 1.54) is 16.8 Å². The zero-order chi connectivity index (χ0) is 19.0. The van der Waals surface area contributed by atoms with Crippen molar-refractivity contribution in [3.63, 3.8) is 0 Å². The molecule has 2 N–H and O–H groups in total. The van der Waals surface area contributed by atoms with Gasteiger partial charge in [0.05, 0.1) is 11.2 Å². The van der Waals surface area contributed by atoms with Gasteiger partial charge in [-0.2, -0.15) is 0 Å². The molecular weight excluding hydrogens is 345 g/mol. The Hall–Kier alpha value is -3.61. The number of nitrogens with zero attached hydrogens (tertiary/aromatic N) is 3. The van der Waals surface area contributed by atoms with E-state index in [0.717, 1.165) is 16.5 Å². The minimum Gasteiger partial charge on any atom is -0.356 e. The van der Waals surface area contributed by atoms with Crippen molar-refractivity contribution >= 4 is 16.7 Å². The lowest BCUT2D eigenvalue weighted by Gasteiger charge is -2.11. The lowest BCUT2D eigenvalue weighted by atomic mass is 10.1. The average molecular weight is 361 g/mol. The summed E-state index contributed by atoms with van der Waals surface area (Å²) in [7, 11) is 0. The van der Waals surface area contributed by atoms with Gasteiger partial charge in [0.2, 0.25) is 0 Å². The van der Waals surface area contributed by atoms with Gasteiger partial charge in [-0.15, -0.1) is 0 Å². The Morgan fingerprint density at radius 1 is 1.22 bits per heavy atom. The SMILES string of the molecule is Cc1cc(-c2cc(F)c(=N)n(C(=N)Cc3ccc4ncccc4c3)c2)on1. The van der Waals surface area contributed by atoms with Gasteiger partial charge >= 0.3 is 0 Å². The van der Waals surface area contributed by atoms with E-state index in [1.54, 1.807) is 19.2 Å². The third-order valence-electron chi connectivity index (χ3n) is 4.26. The highest BCUT2D eigenvalue weighted by molar-refractivity contribution is 5.86. The number of pyridine rings is 2. The Morgan fingerprint density at radius 3 is 2.85 bits per heavy atom. The molecule has 27 heavy (non-hydrogen) atoms. The smallest absolute Gasteiger partial charge is 0.168 e. The summed E-state index contributed by atoms with van der Waals surface area (Å²) in [5.41, 5.74) is 2.48. The highest BCUT2D eigenvalue weighted by Crippen LogP contribution is 2.20. The van der Waals surface area contributed by atoms with Crippen molar-refractivity contribution in [1.29, 1.82) is 10.8 Å². The first-order valence-corrected chi connectivity index (χ1v) is 8.33. The molecular formula is C20H16FN5O. The van der Waals surface area contributed by atoms with E-state index in [0.29, 0.717) is 17.0 Å². The first-order valence-electron chi connectivity index (χ1n) is 8.33. The van der Waals surface area contributed by atoms with Gasteiger partial charge in [-0.25, -0.2) is 4.39 Å². The monoisotopic (exact) mass is 361 g/mol. The summed E-state index contributed by atoms with van der Waals surface area (Å²) < 4.78 is 20.7. The predicted molar refractivity (Wildman–Crippen MR) is 99.1 cm³/mol. The largest absolute Gasteiger partial charge is 0.356 e. The molecule has 3 aromatic heterocycles. The van der Waals surface area contributed by atoms with Gasteiger partial charge < -0.3 is 4.52 Å². The van der Waals surface area contributed by atoms with E-state index in [9.17, 15) is 4.39 Å². The molecule has 0 fully saturated rings. The fraction of sp³-hybridized carbons (Fsp3) is 0.100. The number of aryl methyl sites for hydroxylation is 1. The molecule has 0 radical (unpaired) electrons. The minimum atomic E-state index is -0.728. The number of hydrogen-bond acceptors (Lipinski definition) is 5. The lowest BCUT2D eigenvalue weighted by Crippen LogP contribution is -2.30. The molecule has 0 spiro atoms. The second-order valence-electron chi connectivity index (χ2n) is 6.28. The minimum absolute atomic E-state index is 0.0835. The number of aromatic nitrogens is 3. The van der Waals surface area contributed by atoms with Crippen LogP contribution in [0.2, 0.25) is 0 Å². The highest BCUT2D eigenvalue weighted by Gasteiger charge is 2.13. The summed E-state index contributed by atoms with van der Waals surface area (Å²) in [6.07, 6.45) is 3.50. The summed E-state index contributed by atoms with van der Waals surface area (Å²) in [5, 5.41) is 21.1. The maximum absolute atomic E-state index is 14.3. The number of fused-ring (bicyclic) bond motifs is 1. The van der Waals surface area contributed by atoms with Crippen LogP contribution in [0.5, 0.6) is 0 Å². The fourth-order valence-corrected chi connectivity index (χ4v) is 2.92. The Balaban J connectivity index is 1.70. The third-order valence-corrected chi connectivity index (χ3v) is 4.26. The summed E-state index contributed by atoms with van der Waals surface area (Å²) in [4.78, 5) is 4.28. The van der Waals surface area contributed by atoms with Crippen molar-refractivity contribution in [3.8, 4) is 11.3 Å². The topological polar surface area (TPSA) is 91.6 Å². The van der Waals surface area contributed by atoms with E-state index in [1.807, 2.05) is 30.3 Å². The standard InChI is InChI=1S/C20H16FN5O/c1-12-7-18(27-25-12)15-10-16(21)20(23)26(11-15)19(22)9-13-4-5-17-14(8-13)3-2-6-24-17/h2-8,10-11,22-23H,9H2,1H3. The molecule has 0 amide bonds. The molecule has 0 atom stereocenters. The van der Waals surface area contributed by atoms with Gasteiger partial charge in [-0.05, 0) is 36.8 Å². The van der Waals surface area contributed by atoms with E-state index in [4.69, 9.17) is 15.3 Å². The number of nitrogens with one attached hydrogen (secondary N) is 2. The molecule has 7 heteroatoms. The van der Waals surface area contributed by atoms with Crippen molar-refractivity contribution in [2.75, 3.05) is 0 Å². The second-order valence-corrected chi connectivity index (χ2v) is 6.28. The molecule has 3 heterocycles. The predicted octanol–water partition coefficient (Wildman–Crippen LogP) is 3.69. The van der Waals surface area contributed by atoms with E-state index in [2.05, 4.69) is 10.1 Å². The third kappa shape index (κ3) is 3.27. The molecule has 4 rings (SSSR count). The van der Waals surface area contributed by atoms with Crippen molar-refractivity contribution in [2.45, 2.75) is 13.3 Å². The van der Waals surface area contributed by atoms with Gasteiger partial charge in [-0.3, -0.25) is 20.4 Å². The van der Waals surface area contributed by atoms with Crippen LogP contribution in [0.4, 0.5) is 4.39 Å². The summed E-state index contributed by atoms with van der Waals surface area (Å²) >= 11 is 0. The molecule has 0 unspecified atom stereocenters. The van der Waals surface area contributed by atoms with Gasteiger partial charge in [0.15, 0.2) is 17.1 Å². The number of rotatable bonds is 3. The summed E-state index contributed by atoms with van der Waals surface area (Å²) in [6, 6.07) is 12.4. The molecule has 4 aromatic rings. The maximum Gasteiger partial charge on any atom is 0.168 e. The van der Waals surface area contributed by atoms with Crippen LogP contribution in [-0.2, 0) is 6.42 Å². The first kappa shape index (κ1) is 16.8. The number of hydrogen-bond donors (Lipinski definition) is 2. The molecule has 0 bridgehead atoms. The Kier molecular flexibility index (Phi) is 4.12. The fourth-order valence-electron chi connectivity index (χ4n) is 2.92. The van der Waals surface area contributed by atoms with Gasteiger partial charge in [0.25, 0.3) is 0 Å². The van der Waals surface area contributed by atoms with E-state index >= 15 is 0 Å². The van der Waals surface area contributed by atoms with Crippen molar-refractivity contribution in [1.82, 2.24) is 14.7 Å². The molecule has 0 saturated carbocycles. The molecule has 134 valence electrons. The zero-order valence-electron chi connectivity index (χ0n) is 14.5. The number of halogens is 1. The van der Waals surface area contributed by atoms with Crippen LogP contribution in [0, 0.1) is 23.6 Å². The second kappa shape index (κ2) is 6.60. The highest BCUT2D eigenvalue weighted by atomic mass is 19.1. The van der Waals surface area contributed by atoms with Gasteiger partial charge in [0.1, 0.15) is 5.84 Å². The average Bonchev–Trinajstić information content (AvgIpc) is 3.10. The molecule has 0 aliphatic rings. The lowest BCUT2D eigenvalue weighted by molar-refractivity contribution is 0.426. The summed E-state index contributed by atoms with van der Waals surface area (Å²) in [5.74, 6) is -0.251. The molecule has 0 aliphatic heterocycles. The van der Waals surface area contributed by atoms with Crippen molar-refractivity contribution < 1.29 is 8.91 Å². The molecule has 1 aromatic carbocycles. The van der Waals surface area contributed by atoms with Crippen LogP contribution in [0.15, 0.2) is 59.4 Å². The van der Waals surface area contributed by atoms with Crippen LogP contribution in [0.1, 0.15) is 11.3 Å².